The molecule has 0 saturated heterocycles. The SMILES string of the molecule is CCC(C)(N)c1cnc(OC2CC2)c2cnc(Nc3ccc4c(n3)[C@@H](C)[C@@H](C)OC4=O)cc12. The van der Waals surface area contributed by atoms with E-state index in [-0.39, 0.29) is 24.1 Å². The minimum atomic E-state index is -0.544. The van der Waals surface area contributed by atoms with E-state index >= 15 is 0 Å². The lowest BCUT2D eigenvalue weighted by Crippen LogP contribution is -2.32. The third kappa shape index (κ3) is 3.99. The molecular formula is C25H29N5O3. The van der Waals surface area contributed by atoms with Gasteiger partial charge >= 0.3 is 5.97 Å². The largest absolute Gasteiger partial charge is 0.474 e. The second-order valence-corrected chi connectivity index (χ2v) is 9.33. The van der Waals surface area contributed by atoms with Crippen molar-refractivity contribution in [3.8, 4) is 5.88 Å². The van der Waals surface area contributed by atoms with Gasteiger partial charge in [-0.3, -0.25) is 0 Å². The Bertz CT molecular complexity index is 1240. The molecule has 2 aliphatic rings. The van der Waals surface area contributed by atoms with E-state index in [1.165, 1.54) is 0 Å². The van der Waals surface area contributed by atoms with Crippen molar-refractivity contribution in [2.75, 3.05) is 5.32 Å². The molecule has 3 atom stereocenters. The lowest BCUT2D eigenvalue weighted by atomic mass is 9.88. The molecule has 1 aliphatic heterocycles. The predicted molar refractivity (Wildman–Crippen MR) is 126 cm³/mol. The summed E-state index contributed by atoms with van der Waals surface area (Å²) in [6, 6.07) is 5.48. The van der Waals surface area contributed by atoms with Gasteiger partial charge in [0.1, 0.15) is 23.8 Å². The van der Waals surface area contributed by atoms with Crippen LogP contribution >= 0.6 is 0 Å². The van der Waals surface area contributed by atoms with Crippen LogP contribution in [-0.2, 0) is 10.3 Å². The molecule has 5 rings (SSSR count). The highest BCUT2D eigenvalue weighted by Gasteiger charge is 2.32. The van der Waals surface area contributed by atoms with Gasteiger partial charge in [-0.15, -0.1) is 0 Å². The minimum absolute atomic E-state index is 0.00585. The monoisotopic (exact) mass is 447 g/mol. The van der Waals surface area contributed by atoms with Crippen LogP contribution in [0.3, 0.4) is 0 Å². The first-order chi connectivity index (χ1) is 15.8. The molecule has 1 saturated carbocycles. The standard InChI is InChI=1S/C25H29N5O3/c1-5-25(4,26)19-12-28-23(33-15-6-7-15)18-11-27-21(10-17(18)19)29-20-9-8-16-22(30-20)13(2)14(3)32-24(16)31/h8-15H,5-7,26H2,1-4H3,(H,27,29,30)/t13-,14+,25?/m0/s1. The van der Waals surface area contributed by atoms with Crippen molar-refractivity contribution in [1.82, 2.24) is 15.0 Å². The Kier molecular flexibility index (Phi) is 5.20. The van der Waals surface area contributed by atoms with E-state index in [0.717, 1.165) is 41.3 Å². The van der Waals surface area contributed by atoms with Crippen molar-refractivity contribution < 1.29 is 14.3 Å². The van der Waals surface area contributed by atoms with Crippen LogP contribution < -0.4 is 15.8 Å². The highest BCUT2D eigenvalue weighted by atomic mass is 16.5. The molecule has 0 amide bonds. The number of rotatable bonds is 6. The van der Waals surface area contributed by atoms with E-state index in [9.17, 15) is 4.79 Å². The van der Waals surface area contributed by atoms with Gasteiger partial charge < -0.3 is 20.5 Å². The van der Waals surface area contributed by atoms with Crippen molar-refractivity contribution in [2.45, 2.75) is 70.6 Å². The quantitative estimate of drug-likeness (QED) is 0.529. The molecule has 4 heterocycles. The molecule has 0 aromatic carbocycles. The van der Waals surface area contributed by atoms with Crippen LogP contribution in [0.5, 0.6) is 5.88 Å². The molecule has 0 radical (unpaired) electrons. The smallest absolute Gasteiger partial charge is 0.340 e. The minimum Gasteiger partial charge on any atom is -0.474 e. The molecule has 1 fully saturated rings. The van der Waals surface area contributed by atoms with Gasteiger partial charge in [0, 0.05) is 23.9 Å². The van der Waals surface area contributed by atoms with Crippen LogP contribution in [0.2, 0.25) is 0 Å². The summed E-state index contributed by atoms with van der Waals surface area (Å²) in [6.07, 6.45) is 6.47. The van der Waals surface area contributed by atoms with Gasteiger partial charge in [-0.05, 0) is 62.3 Å². The fraction of sp³-hybridized carbons (Fsp3) is 0.440. The number of esters is 1. The summed E-state index contributed by atoms with van der Waals surface area (Å²) in [7, 11) is 0. The Morgan fingerprint density at radius 1 is 1.18 bits per heavy atom. The van der Waals surface area contributed by atoms with Crippen molar-refractivity contribution >= 4 is 28.4 Å². The zero-order valence-electron chi connectivity index (χ0n) is 19.4. The van der Waals surface area contributed by atoms with Crippen molar-refractivity contribution in [3.63, 3.8) is 0 Å². The van der Waals surface area contributed by atoms with Gasteiger partial charge in [-0.1, -0.05) is 13.8 Å². The number of hydrogen-bond acceptors (Lipinski definition) is 8. The fourth-order valence-electron chi connectivity index (χ4n) is 4.01. The molecule has 3 aromatic heterocycles. The maximum atomic E-state index is 12.2. The Hall–Kier alpha value is -3.26. The summed E-state index contributed by atoms with van der Waals surface area (Å²) >= 11 is 0. The lowest BCUT2D eigenvalue weighted by Gasteiger charge is -2.27. The van der Waals surface area contributed by atoms with E-state index in [2.05, 4.69) is 22.2 Å². The number of fused-ring (bicyclic) bond motifs is 2. The molecule has 8 nitrogen and oxygen atoms in total. The molecule has 3 N–H and O–H groups in total. The van der Waals surface area contributed by atoms with Crippen molar-refractivity contribution in [1.29, 1.82) is 0 Å². The molecule has 1 aliphatic carbocycles. The van der Waals surface area contributed by atoms with Gasteiger partial charge in [0.15, 0.2) is 0 Å². The maximum Gasteiger partial charge on any atom is 0.340 e. The Morgan fingerprint density at radius 3 is 2.70 bits per heavy atom. The summed E-state index contributed by atoms with van der Waals surface area (Å²) in [5.74, 6) is 1.51. The second-order valence-electron chi connectivity index (χ2n) is 9.33. The predicted octanol–water partition coefficient (Wildman–Crippen LogP) is 4.56. The van der Waals surface area contributed by atoms with Gasteiger partial charge in [-0.2, -0.15) is 0 Å². The molecular weight excluding hydrogens is 418 g/mol. The first kappa shape index (κ1) is 21.6. The molecule has 33 heavy (non-hydrogen) atoms. The molecule has 0 spiro atoms. The number of nitrogens with zero attached hydrogens (tertiary/aromatic N) is 3. The first-order valence-corrected chi connectivity index (χ1v) is 11.5. The van der Waals surface area contributed by atoms with E-state index < -0.39 is 5.54 Å². The topological polar surface area (TPSA) is 112 Å². The number of anilines is 2. The molecule has 0 bridgehead atoms. The lowest BCUT2D eigenvalue weighted by molar-refractivity contribution is 0.0235. The summed E-state index contributed by atoms with van der Waals surface area (Å²) in [5.41, 5.74) is 8.25. The number of pyridine rings is 3. The van der Waals surface area contributed by atoms with Crippen molar-refractivity contribution in [3.05, 3.63) is 47.4 Å². The Morgan fingerprint density at radius 2 is 1.97 bits per heavy atom. The zero-order chi connectivity index (χ0) is 23.3. The van der Waals surface area contributed by atoms with Gasteiger partial charge in [0.2, 0.25) is 5.88 Å². The number of carbonyl (C=O) groups is 1. The van der Waals surface area contributed by atoms with Crippen LogP contribution in [0.25, 0.3) is 10.8 Å². The average Bonchev–Trinajstić information content (AvgIpc) is 3.61. The van der Waals surface area contributed by atoms with Gasteiger partial charge in [0.25, 0.3) is 0 Å². The number of aromatic nitrogens is 3. The van der Waals surface area contributed by atoms with E-state index in [0.29, 0.717) is 23.1 Å². The summed E-state index contributed by atoms with van der Waals surface area (Å²) in [5, 5.41) is 5.09. The molecule has 172 valence electrons. The van der Waals surface area contributed by atoms with Crippen LogP contribution in [-0.4, -0.2) is 33.1 Å². The summed E-state index contributed by atoms with van der Waals surface area (Å²) in [6.45, 7) is 7.96. The molecule has 3 aromatic rings. The number of carbonyl (C=O) groups excluding carboxylic acids is 1. The Balaban J connectivity index is 1.54. The first-order valence-electron chi connectivity index (χ1n) is 11.5. The number of nitrogens with one attached hydrogen (secondary N) is 1. The normalized spacial score (nSPS) is 21.8. The van der Waals surface area contributed by atoms with Crippen LogP contribution in [0.4, 0.5) is 11.6 Å². The van der Waals surface area contributed by atoms with E-state index in [1.807, 2.05) is 33.0 Å². The third-order valence-electron chi connectivity index (χ3n) is 6.72. The highest BCUT2D eigenvalue weighted by molar-refractivity contribution is 5.93. The average molecular weight is 448 g/mol. The second kappa shape index (κ2) is 7.95. The van der Waals surface area contributed by atoms with E-state index in [4.69, 9.17) is 20.2 Å². The summed E-state index contributed by atoms with van der Waals surface area (Å²) in [4.78, 5) is 26.1. The molecule has 8 heteroatoms. The number of hydrogen-bond donors (Lipinski definition) is 2. The van der Waals surface area contributed by atoms with Gasteiger partial charge in [-0.25, -0.2) is 19.7 Å². The van der Waals surface area contributed by atoms with Crippen LogP contribution in [0.15, 0.2) is 30.6 Å². The highest BCUT2D eigenvalue weighted by Crippen LogP contribution is 2.37. The van der Waals surface area contributed by atoms with Crippen LogP contribution in [0.1, 0.15) is 74.5 Å². The number of ether oxygens (including phenoxy) is 2. The zero-order valence-corrected chi connectivity index (χ0v) is 19.4. The fourth-order valence-corrected chi connectivity index (χ4v) is 4.01. The summed E-state index contributed by atoms with van der Waals surface area (Å²) < 4.78 is 11.4. The third-order valence-corrected chi connectivity index (χ3v) is 6.72. The number of cyclic esters (lactones) is 1. The van der Waals surface area contributed by atoms with Crippen LogP contribution in [0, 0.1) is 0 Å². The van der Waals surface area contributed by atoms with E-state index in [1.54, 1.807) is 18.3 Å². The van der Waals surface area contributed by atoms with Gasteiger partial charge in [0.05, 0.1) is 16.6 Å². The molecule has 1 unspecified atom stereocenters. The Labute approximate surface area is 192 Å². The van der Waals surface area contributed by atoms with Crippen molar-refractivity contribution in [2.24, 2.45) is 5.73 Å². The maximum absolute atomic E-state index is 12.2. The number of nitrogens with two attached hydrogens (primary N) is 1.